The summed E-state index contributed by atoms with van der Waals surface area (Å²) in [5, 5.41) is 8.61. The van der Waals surface area contributed by atoms with Gasteiger partial charge in [0.25, 0.3) is 0 Å². The van der Waals surface area contributed by atoms with Crippen molar-refractivity contribution >= 4 is 11.8 Å². The standard InChI is InChI=1S/C5H11OS/c1-5(6)3-4-7-2/h3,5-6H,4H2,1-2H3. The molecule has 1 radical (unpaired) electrons. The first-order valence-electron chi connectivity index (χ1n) is 2.27. The smallest absolute Gasteiger partial charge is 0.0552 e. The number of aliphatic hydroxyl groups excluding tert-OH is 1. The number of hydrogen-bond donors (Lipinski definition) is 1. The van der Waals surface area contributed by atoms with Crippen LogP contribution in [0, 0.1) is 6.42 Å². The number of aliphatic hydroxyl groups is 1. The zero-order chi connectivity index (χ0) is 5.70. The predicted octanol–water partition coefficient (Wildman–Crippen LogP) is 0.934. The van der Waals surface area contributed by atoms with E-state index in [0.717, 1.165) is 5.75 Å². The average Bonchev–Trinajstić information content (AvgIpc) is 1.61. The van der Waals surface area contributed by atoms with E-state index in [9.17, 15) is 0 Å². The van der Waals surface area contributed by atoms with Crippen LogP contribution < -0.4 is 0 Å². The topological polar surface area (TPSA) is 20.2 Å². The minimum absolute atomic E-state index is 0.243. The molecule has 0 aliphatic carbocycles. The maximum atomic E-state index is 8.61. The Hall–Kier alpha value is 0.310. The van der Waals surface area contributed by atoms with Gasteiger partial charge in [-0.3, -0.25) is 0 Å². The van der Waals surface area contributed by atoms with Crippen molar-refractivity contribution in [1.29, 1.82) is 0 Å². The minimum atomic E-state index is -0.243. The highest BCUT2D eigenvalue weighted by Gasteiger charge is 1.91. The Morgan fingerprint density at radius 3 is 2.57 bits per heavy atom. The molecule has 0 fully saturated rings. The molecule has 0 spiro atoms. The SMILES string of the molecule is CSC[CH]C(C)O. The van der Waals surface area contributed by atoms with Crippen molar-refractivity contribution in [3.63, 3.8) is 0 Å². The van der Waals surface area contributed by atoms with Crippen molar-refractivity contribution in [2.45, 2.75) is 13.0 Å². The van der Waals surface area contributed by atoms with Crippen LogP contribution in [0.5, 0.6) is 0 Å². The summed E-state index contributed by atoms with van der Waals surface area (Å²) in [7, 11) is 0. The molecule has 0 aromatic carbocycles. The quantitative estimate of drug-likeness (QED) is 0.596. The van der Waals surface area contributed by atoms with Gasteiger partial charge in [0, 0.05) is 0 Å². The molecule has 2 heteroatoms. The van der Waals surface area contributed by atoms with Crippen LogP contribution in [0.2, 0.25) is 0 Å². The molecular weight excluding hydrogens is 108 g/mol. The third-order valence-electron chi connectivity index (χ3n) is 0.604. The van der Waals surface area contributed by atoms with E-state index in [1.165, 1.54) is 0 Å². The summed E-state index contributed by atoms with van der Waals surface area (Å²) in [6.45, 7) is 1.76. The predicted molar refractivity (Wildman–Crippen MR) is 34.4 cm³/mol. The fourth-order valence-electron chi connectivity index (χ4n) is 0.235. The summed E-state index contributed by atoms with van der Waals surface area (Å²) in [6.07, 6.45) is 3.64. The van der Waals surface area contributed by atoms with E-state index >= 15 is 0 Å². The number of hydrogen-bond acceptors (Lipinski definition) is 2. The fourth-order valence-corrected chi connectivity index (χ4v) is 0.706. The Balaban J connectivity index is 2.68. The summed E-state index contributed by atoms with van der Waals surface area (Å²) in [5.74, 6) is 0.942. The van der Waals surface area contributed by atoms with E-state index in [4.69, 9.17) is 5.11 Å². The summed E-state index contributed by atoms with van der Waals surface area (Å²) in [4.78, 5) is 0. The highest BCUT2D eigenvalue weighted by Crippen LogP contribution is 1.96. The minimum Gasteiger partial charge on any atom is -0.393 e. The molecular formula is C5H11OS. The molecule has 1 nitrogen and oxygen atoms in total. The lowest BCUT2D eigenvalue weighted by Gasteiger charge is -1.97. The molecule has 0 aliphatic rings. The summed E-state index contributed by atoms with van der Waals surface area (Å²) >= 11 is 1.71. The van der Waals surface area contributed by atoms with Gasteiger partial charge < -0.3 is 5.11 Å². The molecule has 0 heterocycles. The van der Waals surface area contributed by atoms with Crippen molar-refractivity contribution in [3.05, 3.63) is 6.42 Å². The van der Waals surface area contributed by atoms with Crippen LogP contribution in [0.1, 0.15) is 6.92 Å². The van der Waals surface area contributed by atoms with Crippen LogP contribution in [0.4, 0.5) is 0 Å². The van der Waals surface area contributed by atoms with Gasteiger partial charge in [-0.25, -0.2) is 0 Å². The summed E-state index contributed by atoms with van der Waals surface area (Å²) in [5.41, 5.74) is 0. The molecule has 1 N–H and O–H groups in total. The van der Waals surface area contributed by atoms with Crippen molar-refractivity contribution < 1.29 is 5.11 Å². The van der Waals surface area contributed by atoms with Gasteiger partial charge in [-0.15, -0.1) is 0 Å². The first-order chi connectivity index (χ1) is 3.27. The van der Waals surface area contributed by atoms with E-state index in [1.807, 2.05) is 12.7 Å². The van der Waals surface area contributed by atoms with Gasteiger partial charge in [0.1, 0.15) is 0 Å². The maximum Gasteiger partial charge on any atom is 0.0552 e. The molecule has 0 amide bonds. The van der Waals surface area contributed by atoms with E-state index in [-0.39, 0.29) is 6.10 Å². The average molecular weight is 119 g/mol. The molecule has 0 rings (SSSR count). The van der Waals surface area contributed by atoms with Crippen molar-refractivity contribution in [2.75, 3.05) is 12.0 Å². The van der Waals surface area contributed by atoms with Gasteiger partial charge in [-0.1, -0.05) is 0 Å². The second kappa shape index (κ2) is 4.47. The van der Waals surface area contributed by atoms with Crippen LogP contribution in [0.3, 0.4) is 0 Å². The fraction of sp³-hybridized carbons (Fsp3) is 0.800. The molecule has 0 aromatic heterocycles. The van der Waals surface area contributed by atoms with Crippen LogP contribution in [-0.2, 0) is 0 Å². The third kappa shape index (κ3) is 6.31. The van der Waals surface area contributed by atoms with Crippen LogP contribution in [-0.4, -0.2) is 23.2 Å². The summed E-state index contributed by atoms with van der Waals surface area (Å²) in [6, 6.07) is 0. The Morgan fingerprint density at radius 2 is 2.43 bits per heavy atom. The molecule has 0 saturated heterocycles. The second-order valence-electron chi connectivity index (χ2n) is 1.43. The maximum absolute atomic E-state index is 8.61. The first-order valence-corrected chi connectivity index (χ1v) is 3.67. The van der Waals surface area contributed by atoms with Gasteiger partial charge >= 0.3 is 0 Å². The third-order valence-corrected chi connectivity index (χ3v) is 1.13. The van der Waals surface area contributed by atoms with E-state index in [2.05, 4.69) is 0 Å². The lowest BCUT2D eigenvalue weighted by atomic mass is 10.3. The second-order valence-corrected chi connectivity index (χ2v) is 2.34. The van der Waals surface area contributed by atoms with Crippen LogP contribution in [0.15, 0.2) is 0 Å². The largest absolute Gasteiger partial charge is 0.393 e. The van der Waals surface area contributed by atoms with Gasteiger partial charge in [-0.2, -0.15) is 11.8 Å². The molecule has 0 aromatic rings. The van der Waals surface area contributed by atoms with Crippen LogP contribution >= 0.6 is 11.8 Å². The molecule has 7 heavy (non-hydrogen) atoms. The highest BCUT2D eigenvalue weighted by atomic mass is 32.2. The zero-order valence-corrected chi connectivity index (χ0v) is 5.53. The Kier molecular flexibility index (Phi) is 4.67. The lowest BCUT2D eigenvalue weighted by Crippen LogP contribution is -2.00. The molecule has 0 bridgehead atoms. The van der Waals surface area contributed by atoms with E-state index in [1.54, 1.807) is 18.7 Å². The van der Waals surface area contributed by atoms with Crippen molar-refractivity contribution in [1.82, 2.24) is 0 Å². The summed E-state index contributed by atoms with van der Waals surface area (Å²) < 4.78 is 0. The van der Waals surface area contributed by atoms with Gasteiger partial charge in [0.05, 0.1) is 6.10 Å². The Labute approximate surface area is 49.1 Å². The van der Waals surface area contributed by atoms with Gasteiger partial charge in [0.15, 0.2) is 0 Å². The molecule has 0 aliphatic heterocycles. The molecule has 0 saturated carbocycles. The zero-order valence-electron chi connectivity index (χ0n) is 4.72. The molecule has 1 unspecified atom stereocenters. The highest BCUT2D eigenvalue weighted by molar-refractivity contribution is 7.98. The molecule has 43 valence electrons. The van der Waals surface area contributed by atoms with Crippen molar-refractivity contribution in [3.8, 4) is 0 Å². The van der Waals surface area contributed by atoms with Crippen LogP contribution in [0.25, 0.3) is 0 Å². The monoisotopic (exact) mass is 119 g/mol. The lowest BCUT2D eigenvalue weighted by molar-refractivity contribution is 0.229. The van der Waals surface area contributed by atoms with E-state index in [0.29, 0.717) is 0 Å². The van der Waals surface area contributed by atoms with E-state index < -0.39 is 0 Å². The van der Waals surface area contributed by atoms with Crippen molar-refractivity contribution in [2.24, 2.45) is 0 Å². The first kappa shape index (κ1) is 7.31. The normalized spacial score (nSPS) is 14.1. The Morgan fingerprint density at radius 1 is 1.86 bits per heavy atom. The van der Waals surface area contributed by atoms with Gasteiger partial charge in [0.2, 0.25) is 0 Å². The Bertz CT molecular complexity index is 37.1. The number of rotatable bonds is 3. The number of thioether (sulfide) groups is 1. The molecule has 1 atom stereocenters. The van der Waals surface area contributed by atoms with Gasteiger partial charge in [-0.05, 0) is 25.4 Å².